The number of hydrogen-bond acceptors (Lipinski definition) is 2. The highest BCUT2D eigenvalue weighted by Gasteiger charge is 2.24. The van der Waals surface area contributed by atoms with Crippen molar-refractivity contribution in [3.05, 3.63) is 0 Å². The summed E-state index contributed by atoms with van der Waals surface area (Å²) in [6.07, 6.45) is 6.55. The first-order valence-corrected chi connectivity index (χ1v) is 6.49. The molecule has 2 heteroatoms. The summed E-state index contributed by atoms with van der Waals surface area (Å²) < 4.78 is 5.67. The highest BCUT2D eigenvalue weighted by molar-refractivity contribution is 4.84. The van der Waals surface area contributed by atoms with Gasteiger partial charge in [-0.25, -0.2) is 0 Å². The van der Waals surface area contributed by atoms with Crippen LogP contribution in [0.5, 0.6) is 0 Å². The molecule has 0 radical (unpaired) electrons. The third-order valence-electron chi connectivity index (χ3n) is 3.80. The lowest BCUT2D eigenvalue weighted by Crippen LogP contribution is -2.47. The van der Waals surface area contributed by atoms with Gasteiger partial charge in [0.15, 0.2) is 0 Å². The van der Waals surface area contributed by atoms with Gasteiger partial charge in [-0.05, 0) is 46.0 Å². The van der Waals surface area contributed by atoms with Crippen LogP contribution in [-0.4, -0.2) is 24.3 Å². The maximum Gasteiger partial charge on any atom is 0.0590 e. The third-order valence-corrected chi connectivity index (χ3v) is 3.80. The van der Waals surface area contributed by atoms with E-state index in [9.17, 15) is 0 Å². The molecule has 1 fully saturated rings. The molecule has 0 spiro atoms. The molecule has 1 N–H and O–H groups in total. The summed E-state index contributed by atoms with van der Waals surface area (Å²) in [6.45, 7) is 10.1. The average molecular weight is 213 g/mol. The van der Waals surface area contributed by atoms with Crippen LogP contribution in [0.2, 0.25) is 0 Å². The first kappa shape index (κ1) is 13.0. The number of nitrogens with one attached hydrogen (secondary N) is 1. The molecule has 0 amide bonds. The molecule has 1 aliphatic heterocycles. The lowest BCUT2D eigenvalue weighted by molar-refractivity contribution is 0.0917. The molecule has 0 aromatic heterocycles. The lowest BCUT2D eigenvalue weighted by Gasteiger charge is -2.33. The van der Waals surface area contributed by atoms with Crippen molar-refractivity contribution >= 4 is 0 Å². The van der Waals surface area contributed by atoms with Crippen molar-refractivity contribution < 1.29 is 4.74 Å². The normalized spacial score (nSPS) is 24.4. The van der Waals surface area contributed by atoms with Gasteiger partial charge in [0.25, 0.3) is 0 Å². The van der Waals surface area contributed by atoms with Crippen LogP contribution in [-0.2, 0) is 4.74 Å². The minimum atomic E-state index is 0.304. The van der Waals surface area contributed by atoms with Crippen molar-refractivity contribution in [2.45, 2.75) is 77.5 Å². The molecule has 2 atom stereocenters. The maximum atomic E-state index is 5.67. The predicted molar refractivity (Wildman–Crippen MR) is 65.2 cm³/mol. The fraction of sp³-hybridized carbons (Fsp3) is 1.00. The molecule has 1 aliphatic rings. The van der Waals surface area contributed by atoms with Gasteiger partial charge in [0.05, 0.1) is 6.10 Å². The molecule has 0 saturated carbocycles. The van der Waals surface area contributed by atoms with Crippen LogP contribution in [0.1, 0.15) is 59.8 Å². The Balaban J connectivity index is 2.30. The Kier molecular flexibility index (Phi) is 5.07. The van der Waals surface area contributed by atoms with E-state index in [-0.39, 0.29) is 0 Å². The SMILES string of the molecule is CCC(C)(CC)NC(C)CC1CCCO1. The summed E-state index contributed by atoms with van der Waals surface area (Å²) in [5.41, 5.74) is 0.304. The van der Waals surface area contributed by atoms with Gasteiger partial charge in [-0.15, -0.1) is 0 Å². The Morgan fingerprint density at radius 3 is 2.53 bits per heavy atom. The highest BCUT2D eigenvalue weighted by atomic mass is 16.5. The Hall–Kier alpha value is -0.0800. The second-order valence-corrected chi connectivity index (χ2v) is 5.18. The molecule has 1 heterocycles. The van der Waals surface area contributed by atoms with E-state index in [1.54, 1.807) is 0 Å². The summed E-state index contributed by atoms with van der Waals surface area (Å²) in [5.74, 6) is 0. The van der Waals surface area contributed by atoms with E-state index in [0.717, 1.165) is 13.0 Å². The molecule has 2 nitrogen and oxygen atoms in total. The van der Waals surface area contributed by atoms with Gasteiger partial charge in [-0.1, -0.05) is 13.8 Å². The van der Waals surface area contributed by atoms with Crippen molar-refractivity contribution in [1.29, 1.82) is 0 Å². The Bertz CT molecular complexity index is 171. The van der Waals surface area contributed by atoms with Crippen molar-refractivity contribution in [2.75, 3.05) is 6.61 Å². The second-order valence-electron chi connectivity index (χ2n) is 5.18. The van der Waals surface area contributed by atoms with E-state index in [2.05, 4.69) is 33.0 Å². The fourth-order valence-corrected chi connectivity index (χ4v) is 2.33. The van der Waals surface area contributed by atoms with Crippen LogP contribution in [0, 0.1) is 0 Å². The van der Waals surface area contributed by atoms with E-state index >= 15 is 0 Å². The topological polar surface area (TPSA) is 21.3 Å². The molecule has 0 bridgehead atoms. The first-order valence-electron chi connectivity index (χ1n) is 6.49. The van der Waals surface area contributed by atoms with Gasteiger partial charge in [-0.3, -0.25) is 0 Å². The first-order chi connectivity index (χ1) is 7.09. The Morgan fingerprint density at radius 2 is 2.07 bits per heavy atom. The van der Waals surface area contributed by atoms with Crippen LogP contribution in [0.15, 0.2) is 0 Å². The second kappa shape index (κ2) is 5.86. The predicted octanol–water partition coefficient (Wildman–Crippen LogP) is 3.11. The zero-order chi connectivity index (χ0) is 11.3. The smallest absolute Gasteiger partial charge is 0.0590 e. The van der Waals surface area contributed by atoms with E-state index in [4.69, 9.17) is 4.74 Å². The molecular weight excluding hydrogens is 186 g/mol. The highest BCUT2D eigenvalue weighted by Crippen LogP contribution is 2.20. The van der Waals surface area contributed by atoms with E-state index < -0.39 is 0 Å². The molecule has 90 valence electrons. The Morgan fingerprint density at radius 1 is 1.40 bits per heavy atom. The van der Waals surface area contributed by atoms with Crippen molar-refractivity contribution in [3.8, 4) is 0 Å². The average Bonchev–Trinajstić information content (AvgIpc) is 2.70. The van der Waals surface area contributed by atoms with Crippen LogP contribution in [0.3, 0.4) is 0 Å². The van der Waals surface area contributed by atoms with Gasteiger partial charge in [0, 0.05) is 18.2 Å². The van der Waals surface area contributed by atoms with Crippen molar-refractivity contribution in [3.63, 3.8) is 0 Å². The molecule has 0 aromatic carbocycles. The minimum Gasteiger partial charge on any atom is -0.378 e. The molecule has 15 heavy (non-hydrogen) atoms. The zero-order valence-electron chi connectivity index (χ0n) is 10.8. The Labute approximate surface area is 94.8 Å². The van der Waals surface area contributed by atoms with Crippen LogP contribution in [0.25, 0.3) is 0 Å². The monoisotopic (exact) mass is 213 g/mol. The lowest BCUT2D eigenvalue weighted by atomic mass is 9.93. The van der Waals surface area contributed by atoms with Gasteiger partial charge in [0.2, 0.25) is 0 Å². The summed E-state index contributed by atoms with van der Waals surface area (Å²) in [5, 5.41) is 3.74. The standard InChI is InChI=1S/C13H27NO/c1-5-13(4,6-2)14-11(3)10-12-8-7-9-15-12/h11-12,14H,5-10H2,1-4H3. The van der Waals surface area contributed by atoms with E-state index in [0.29, 0.717) is 17.7 Å². The quantitative estimate of drug-likeness (QED) is 0.732. The third kappa shape index (κ3) is 4.12. The molecular formula is C13H27NO. The van der Waals surface area contributed by atoms with E-state index in [1.807, 2.05) is 0 Å². The largest absolute Gasteiger partial charge is 0.378 e. The number of hydrogen-bond donors (Lipinski definition) is 1. The summed E-state index contributed by atoms with van der Waals surface area (Å²) in [4.78, 5) is 0. The molecule has 1 rings (SSSR count). The fourth-order valence-electron chi connectivity index (χ4n) is 2.33. The molecule has 0 aromatic rings. The minimum absolute atomic E-state index is 0.304. The van der Waals surface area contributed by atoms with Crippen molar-refractivity contribution in [1.82, 2.24) is 5.32 Å². The van der Waals surface area contributed by atoms with Gasteiger partial charge < -0.3 is 10.1 Å². The summed E-state index contributed by atoms with van der Waals surface area (Å²) in [7, 11) is 0. The zero-order valence-corrected chi connectivity index (χ0v) is 10.8. The van der Waals surface area contributed by atoms with Crippen LogP contribution in [0.4, 0.5) is 0 Å². The molecule has 1 saturated heterocycles. The number of ether oxygens (including phenoxy) is 1. The van der Waals surface area contributed by atoms with Gasteiger partial charge >= 0.3 is 0 Å². The van der Waals surface area contributed by atoms with E-state index in [1.165, 1.54) is 25.7 Å². The summed E-state index contributed by atoms with van der Waals surface area (Å²) >= 11 is 0. The van der Waals surface area contributed by atoms with Crippen molar-refractivity contribution in [2.24, 2.45) is 0 Å². The van der Waals surface area contributed by atoms with Gasteiger partial charge in [-0.2, -0.15) is 0 Å². The number of rotatable bonds is 6. The van der Waals surface area contributed by atoms with Crippen LogP contribution < -0.4 is 5.32 Å². The maximum absolute atomic E-state index is 5.67. The molecule has 0 aliphatic carbocycles. The van der Waals surface area contributed by atoms with Gasteiger partial charge in [0.1, 0.15) is 0 Å². The molecule has 2 unspecified atom stereocenters. The summed E-state index contributed by atoms with van der Waals surface area (Å²) in [6, 6.07) is 0.568. The van der Waals surface area contributed by atoms with Crippen LogP contribution >= 0.6 is 0 Å².